The Kier molecular flexibility index (Phi) is 4.95. The number of carbonyl (C=O) groups excluding carboxylic acids is 3. The quantitative estimate of drug-likeness (QED) is 0.806. The maximum atomic E-state index is 12.1. The third kappa shape index (κ3) is 3.83. The number of amides is 4. The number of urea groups is 1. The lowest BCUT2D eigenvalue weighted by atomic mass is 10.2. The van der Waals surface area contributed by atoms with E-state index in [-0.39, 0.29) is 24.8 Å². The maximum absolute atomic E-state index is 12.1. The van der Waals surface area contributed by atoms with E-state index < -0.39 is 6.03 Å². The van der Waals surface area contributed by atoms with Gasteiger partial charge in [0, 0.05) is 50.9 Å². The van der Waals surface area contributed by atoms with Gasteiger partial charge in [-0.25, -0.2) is 4.79 Å². The van der Waals surface area contributed by atoms with Gasteiger partial charge in [0.05, 0.1) is 0 Å². The van der Waals surface area contributed by atoms with E-state index >= 15 is 0 Å². The summed E-state index contributed by atoms with van der Waals surface area (Å²) in [4.78, 5) is 38.4. The monoisotopic (exact) mass is 332 g/mol. The van der Waals surface area contributed by atoms with Crippen LogP contribution in [0.5, 0.6) is 5.75 Å². The van der Waals surface area contributed by atoms with E-state index in [1.807, 2.05) is 0 Å². The van der Waals surface area contributed by atoms with E-state index in [0.717, 1.165) is 13.1 Å². The first-order valence-electron chi connectivity index (χ1n) is 7.96. The third-order valence-corrected chi connectivity index (χ3v) is 4.02. The smallest absolute Gasteiger partial charge is 0.328 e. The number of hydrogen-bond acceptors (Lipinski definition) is 5. The molecule has 2 aliphatic rings. The van der Waals surface area contributed by atoms with Gasteiger partial charge in [0.2, 0.25) is 5.91 Å². The largest absolute Gasteiger partial charge is 0.484 e. The van der Waals surface area contributed by atoms with E-state index in [9.17, 15) is 14.4 Å². The Hall–Kier alpha value is -2.61. The molecule has 2 heterocycles. The van der Waals surface area contributed by atoms with Gasteiger partial charge in [-0.3, -0.25) is 19.8 Å². The average molecular weight is 332 g/mol. The molecule has 2 fully saturated rings. The number of nitrogens with one attached hydrogen (secondary N) is 2. The number of imide groups is 1. The summed E-state index contributed by atoms with van der Waals surface area (Å²) in [6, 6.07) is 6.51. The van der Waals surface area contributed by atoms with Crippen molar-refractivity contribution in [1.29, 1.82) is 0 Å². The second-order valence-electron chi connectivity index (χ2n) is 5.67. The van der Waals surface area contributed by atoms with Crippen LogP contribution >= 0.6 is 0 Å². The fraction of sp³-hybridized carbons (Fsp3) is 0.438. The maximum Gasteiger partial charge on any atom is 0.328 e. The van der Waals surface area contributed by atoms with Gasteiger partial charge in [-0.2, -0.15) is 0 Å². The van der Waals surface area contributed by atoms with Gasteiger partial charge in [0.15, 0.2) is 6.61 Å². The topological polar surface area (TPSA) is 91.0 Å². The Morgan fingerprint density at radius 2 is 1.96 bits per heavy atom. The van der Waals surface area contributed by atoms with E-state index in [1.54, 1.807) is 29.2 Å². The van der Waals surface area contributed by atoms with Gasteiger partial charge in [-0.05, 0) is 12.1 Å². The second kappa shape index (κ2) is 7.31. The van der Waals surface area contributed by atoms with Crippen LogP contribution in [0.4, 0.5) is 10.5 Å². The third-order valence-electron chi connectivity index (χ3n) is 4.02. The Bertz CT molecular complexity index is 643. The minimum absolute atomic E-state index is 0.0336. The van der Waals surface area contributed by atoms with Crippen LogP contribution in [0.25, 0.3) is 0 Å². The summed E-state index contributed by atoms with van der Waals surface area (Å²) >= 11 is 0. The van der Waals surface area contributed by atoms with Gasteiger partial charge < -0.3 is 15.0 Å². The number of hydrogen-bond donors (Lipinski definition) is 2. The van der Waals surface area contributed by atoms with Crippen molar-refractivity contribution in [3.63, 3.8) is 0 Å². The van der Waals surface area contributed by atoms with Gasteiger partial charge in [0.1, 0.15) is 5.75 Å². The highest BCUT2D eigenvalue weighted by Gasteiger charge is 2.24. The van der Waals surface area contributed by atoms with Crippen molar-refractivity contribution < 1.29 is 19.1 Å². The van der Waals surface area contributed by atoms with Crippen LogP contribution in [0.1, 0.15) is 6.42 Å². The minimum Gasteiger partial charge on any atom is -0.484 e. The Labute approximate surface area is 139 Å². The summed E-state index contributed by atoms with van der Waals surface area (Å²) < 4.78 is 5.57. The highest BCUT2D eigenvalue weighted by molar-refractivity contribution is 6.05. The van der Waals surface area contributed by atoms with E-state index in [1.165, 1.54) is 4.90 Å². The molecule has 0 aromatic heterocycles. The Morgan fingerprint density at radius 3 is 2.71 bits per heavy atom. The zero-order valence-electron chi connectivity index (χ0n) is 13.3. The molecule has 0 unspecified atom stereocenters. The molecule has 0 saturated carbocycles. The molecule has 128 valence electrons. The minimum atomic E-state index is -0.444. The lowest BCUT2D eigenvalue weighted by Gasteiger charge is -2.28. The number of rotatable bonds is 4. The summed E-state index contributed by atoms with van der Waals surface area (Å²) in [7, 11) is 0. The van der Waals surface area contributed by atoms with E-state index in [4.69, 9.17) is 4.74 Å². The molecule has 1 aromatic carbocycles. The zero-order chi connectivity index (χ0) is 16.9. The number of piperazine rings is 1. The standard InChI is InChI=1S/C16H20N4O4/c21-14-4-7-20(16(23)18-14)12-2-1-3-13(10-12)24-11-15(22)19-8-5-17-6-9-19/h1-3,10,17H,4-9,11H2,(H,18,21,23). The molecule has 0 spiro atoms. The molecule has 0 radical (unpaired) electrons. The Balaban J connectivity index is 1.60. The fourth-order valence-electron chi connectivity index (χ4n) is 2.70. The molecule has 8 nitrogen and oxygen atoms in total. The first-order chi connectivity index (χ1) is 11.6. The van der Waals surface area contributed by atoms with Crippen LogP contribution in [-0.4, -0.2) is 62.1 Å². The van der Waals surface area contributed by atoms with Crippen LogP contribution in [0, 0.1) is 0 Å². The summed E-state index contributed by atoms with van der Waals surface area (Å²) in [5.74, 6) is 0.189. The second-order valence-corrected chi connectivity index (χ2v) is 5.67. The summed E-state index contributed by atoms with van der Waals surface area (Å²) in [6.45, 7) is 3.25. The molecule has 2 N–H and O–H groups in total. The molecule has 0 aliphatic carbocycles. The summed E-state index contributed by atoms with van der Waals surface area (Å²) in [5.41, 5.74) is 0.632. The Morgan fingerprint density at radius 1 is 1.17 bits per heavy atom. The van der Waals surface area contributed by atoms with Crippen LogP contribution in [0.15, 0.2) is 24.3 Å². The van der Waals surface area contributed by atoms with Crippen molar-refractivity contribution in [3.05, 3.63) is 24.3 Å². The van der Waals surface area contributed by atoms with Crippen molar-refractivity contribution in [3.8, 4) is 5.75 Å². The van der Waals surface area contributed by atoms with Crippen LogP contribution in [0.3, 0.4) is 0 Å². The first kappa shape index (κ1) is 16.3. The van der Waals surface area contributed by atoms with E-state index in [2.05, 4.69) is 10.6 Å². The summed E-state index contributed by atoms with van der Waals surface area (Å²) in [5, 5.41) is 5.47. The van der Waals surface area contributed by atoms with Crippen molar-refractivity contribution in [2.75, 3.05) is 44.2 Å². The molecular formula is C16H20N4O4. The molecule has 8 heteroatoms. The number of ether oxygens (including phenoxy) is 1. The molecule has 4 amide bonds. The van der Waals surface area contributed by atoms with Gasteiger partial charge in [-0.1, -0.05) is 6.07 Å². The molecule has 2 saturated heterocycles. The van der Waals surface area contributed by atoms with Gasteiger partial charge in [-0.15, -0.1) is 0 Å². The lowest BCUT2D eigenvalue weighted by Crippen LogP contribution is -2.49. The zero-order valence-corrected chi connectivity index (χ0v) is 13.3. The number of carbonyl (C=O) groups is 3. The predicted molar refractivity (Wildman–Crippen MR) is 86.9 cm³/mol. The SMILES string of the molecule is O=C1CCN(c2cccc(OCC(=O)N3CCNCC3)c2)C(=O)N1. The van der Waals surface area contributed by atoms with Crippen LogP contribution in [0.2, 0.25) is 0 Å². The molecule has 1 aromatic rings. The highest BCUT2D eigenvalue weighted by Crippen LogP contribution is 2.22. The number of benzene rings is 1. The van der Waals surface area contributed by atoms with Crippen molar-refractivity contribution in [2.45, 2.75) is 6.42 Å². The van der Waals surface area contributed by atoms with Gasteiger partial charge in [0.25, 0.3) is 5.91 Å². The number of anilines is 1. The molecule has 24 heavy (non-hydrogen) atoms. The number of nitrogens with zero attached hydrogens (tertiary/aromatic N) is 2. The molecule has 2 aliphatic heterocycles. The summed E-state index contributed by atoms with van der Waals surface area (Å²) in [6.07, 6.45) is 0.262. The first-order valence-corrected chi connectivity index (χ1v) is 7.96. The van der Waals surface area contributed by atoms with E-state index in [0.29, 0.717) is 31.1 Å². The lowest BCUT2D eigenvalue weighted by molar-refractivity contribution is -0.133. The van der Waals surface area contributed by atoms with Crippen molar-refractivity contribution in [1.82, 2.24) is 15.5 Å². The van der Waals surface area contributed by atoms with Crippen LogP contribution in [-0.2, 0) is 9.59 Å². The highest BCUT2D eigenvalue weighted by atomic mass is 16.5. The normalized spacial score (nSPS) is 18.3. The van der Waals surface area contributed by atoms with Gasteiger partial charge >= 0.3 is 6.03 Å². The molecule has 3 rings (SSSR count). The van der Waals surface area contributed by atoms with Crippen molar-refractivity contribution >= 4 is 23.5 Å². The average Bonchev–Trinajstić information content (AvgIpc) is 2.60. The molecule has 0 atom stereocenters. The van der Waals surface area contributed by atoms with Crippen molar-refractivity contribution in [2.24, 2.45) is 0 Å². The fourth-order valence-corrected chi connectivity index (χ4v) is 2.70. The predicted octanol–water partition coefficient (Wildman–Crippen LogP) is -0.0565. The molecular weight excluding hydrogens is 312 g/mol. The van der Waals surface area contributed by atoms with Crippen LogP contribution < -0.4 is 20.3 Å². The molecule has 0 bridgehead atoms.